The Bertz CT molecular complexity index is 915. The van der Waals surface area contributed by atoms with Crippen LogP contribution in [0.2, 0.25) is 0 Å². The first-order chi connectivity index (χ1) is 12.6. The molecule has 2 aromatic heterocycles. The molecule has 0 spiro atoms. The smallest absolute Gasteiger partial charge is 0.338 e. The minimum Gasteiger partial charge on any atom is -0.338 e. The maximum atomic E-state index is 13.0. The van der Waals surface area contributed by atoms with Crippen molar-refractivity contribution in [3.05, 3.63) is 35.0 Å². The zero-order valence-electron chi connectivity index (χ0n) is 14.3. The number of carbonyl (C=O) groups is 1. The number of piperazine rings is 1. The third-order valence-electron chi connectivity index (χ3n) is 4.16. The summed E-state index contributed by atoms with van der Waals surface area (Å²) in [6, 6.07) is 4.04. The molecule has 0 bridgehead atoms. The topological polar surface area (TPSA) is 75.5 Å². The van der Waals surface area contributed by atoms with Gasteiger partial charge < -0.3 is 4.90 Å². The van der Waals surface area contributed by atoms with Crippen LogP contribution in [-0.2, 0) is 27.5 Å². The molecular formula is C15H17F3N4O3S2. The van der Waals surface area contributed by atoms with Crippen molar-refractivity contribution >= 4 is 27.3 Å². The van der Waals surface area contributed by atoms with Gasteiger partial charge in [0.2, 0.25) is 5.91 Å². The van der Waals surface area contributed by atoms with Gasteiger partial charge in [-0.2, -0.15) is 22.6 Å². The maximum Gasteiger partial charge on any atom is 0.433 e. The van der Waals surface area contributed by atoms with Gasteiger partial charge in [-0.05, 0) is 24.4 Å². The highest BCUT2D eigenvalue weighted by Crippen LogP contribution is 2.30. The van der Waals surface area contributed by atoms with E-state index < -0.39 is 34.3 Å². The van der Waals surface area contributed by atoms with Crippen LogP contribution in [0.4, 0.5) is 13.2 Å². The number of hydrogen-bond donors (Lipinski definition) is 0. The van der Waals surface area contributed by atoms with E-state index in [2.05, 4.69) is 5.10 Å². The molecule has 3 rings (SSSR count). The molecule has 148 valence electrons. The maximum absolute atomic E-state index is 13.0. The molecule has 1 fully saturated rings. The van der Waals surface area contributed by atoms with Crippen LogP contribution < -0.4 is 0 Å². The van der Waals surface area contributed by atoms with Crippen molar-refractivity contribution in [2.24, 2.45) is 0 Å². The number of amides is 1. The largest absolute Gasteiger partial charge is 0.433 e. The Morgan fingerprint density at radius 3 is 2.48 bits per heavy atom. The zero-order chi connectivity index (χ0) is 19.8. The van der Waals surface area contributed by atoms with Crippen molar-refractivity contribution in [3.8, 4) is 0 Å². The number of alkyl halides is 3. The highest BCUT2D eigenvalue weighted by molar-refractivity contribution is 7.91. The fraction of sp³-hybridized carbons (Fsp3) is 0.467. The van der Waals surface area contributed by atoms with E-state index in [0.717, 1.165) is 17.4 Å². The molecule has 0 unspecified atom stereocenters. The summed E-state index contributed by atoms with van der Waals surface area (Å²) in [4.78, 5) is 13.7. The Kier molecular flexibility index (Phi) is 5.32. The summed E-state index contributed by atoms with van der Waals surface area (Å²) >= 11 is 1.11. The number of aromatic nitrogens is 2. The molecule has 0 N–H and O–H groups in total. The molecule has 1 saturated heterocycles. The summed E-state index contributed by atoms with van der Waals surface area (Å²) in [6.45, 7) is 1.30. The lowest BCUT2D eigenvalue weighted by Gasteiger charge is -2.33. The van der Waals surface area contributed by atoms with Crippen LogP contribution in [0, 0.1) is 6.92 Å². The highest BCUT2D eigenvalue weighted by Gasteiger charge is 2.37. The number of halogens is 3. The number of sulfonamides is 1. The van der Waals surface area contributed by atoms with Gasteiger partial charge in [-0.3, -0.25) is 9.48 Å². The molecule has 1 aliphatic rings. The molecule has 0 atom stereocenters. The molecule has 12 heteroatoms. The number of rotatable bonds is 4. The molecule has 1 aliphatic heterocycles. The van der Waals surface area contributed by atoms with E-state index in [9.17, 15) is 26.4 Å². The summed E-state index contributed by atoms with van der Waals surface area (Å²) in [7, 11) is -3.60. The van der Waals surface area contributed by atoms with Crippen LogP contribution in [0.3, 0.4) is 0 Å². The van der Waals surface area contributed by atoms with E-state index in [1.807, 2.05) is 0 Å². The predicted molar refractivity (Wildman–Crippen MR) is 91.6 cm³/mol. The van der Waals surface area contributed by atoms with Crippen LogP contribution in [-0.4, -0.2) is 59.5 Å². The van der Waals surface area contributed by atoms with Crippen LogP contribution in [0.15, 0.2) is 27.8 Å². The van der Waals surface area contributed by atoms with Gasteiger partial charge in [0.15, 0.2) is 0 Å². The van der Waals surface area contributed by atoms with Gasteiger partial charge in [-0.25, -0.2) is 8.42 Å². The molecule has 3 heterocycles. The lowest BCUT2D eigenvalue weighted by molar-refractivity contribution is -0.146. The molecule has 0 saturated carbocycles. The molecule has 1 amide bonds. The van der Waals surface area contributed by atoms with Crippen molar-refractivity contribution in [1.82, 2.24) is 19.0 Å². The zero-order valence-corrected chi connectivity index (χ0v) is 15.9. The molecule has 7 nitrogen and oxygen atoms in total. The first kappa shape index (κ1) is 19.8. The van der Waals surface area contributed by atoms with E-state index in [1.54, 1.807) is 11.4 Å². The van der Waals surface area contributed by atoms with Gasteiger partial charge in [0.1, 0.15) is 16.4 Å². The standard InChI is InChI=1S/C15H17F3N4O3S2/c1-11-9-12(15(16,17)18)22(19-11)10-13(23)20-4-6-21(7-5-20)27(24,25)14-3-2-8-26-14/h2-3,8-9H,4-7,10H2,1H3. The number of hydrogen-bond acceptors (Lipinski definition) is 5. The minimum absolute atomic E-state index is 0.0935. The molecule has 0 radical (unpaired) electrons. The van der Waals surface area contributed by atoms with Crippen molar-refractivity contribution in [3.63, 3.8) is 0 Å². The molecule has 0 aromatic carbocycles. The van der Waals surface area contributed by atoms with E-state index in [4.69, 9.17) is 0 Å². The van der Waals surface area contributed by atoms with Gasteiger partial charge in [0.25, 0.3) is 10.0 Å². The molecule has 2 aromatic rings. The van der Waals surface area contributed by atoms with Crippen molar-refractivity contribution in [2.45, 2.75) is 23.9 Å². The molecule has 27 heavy (non-hydrogen) atoms. The van der Waals surface area contributed by atoms with E-state index in [-0.39, 0.29) is 36.1 Å². The van der Waals surface area contributed by atoms with Gasteiger partial charge >= 0.3 is 6.18 Å². The summed E-state index contributed by atoms with van der Waals surface area (Å²) < 4.78 is 66.1. The van der Waals surface area contributed by atoms with Crippen molar-refractivity contribution in [2.75, 3.05) is 26.2 Å². The van der Waals surface area contributed by atoms with Gasteiger partial charge in [-0.15, -0.1) is 11.3 Å². The van der Waals surface area contributed by atoms with Gasteiger partial charge in [0, 0.05) is 26.2 Å². The van der Waals surface area contributed by atoms with E-state index in [1.165, 1.54) is 22.2 Å². The fourth-order valence-corrected chi connectivity index (χ4v) is 5.40. The molecular weight excluding hydrogens is 405 g/mol. The summed E-state index contributed by atoms with van der Waals surface area (Å²) in [5.41, 5.74) is -0.811. The van der Waals surface area contributed by atoms with E-state index >= 15 is 0 Å². The lowest BCUT2D eigenvalue weighted by Crippen LogP contribution is -2.51. The second-order valence-electron chi connectivity index (χ2n) is 6.04. The second kappa shape index (κ2) is 7.24. The normalized spacial score (nSPS) is 16.7. The number of aryl methyl sites for hydroxylation is 1. The van der Waals surface area contributed by atoms with E-state index in [0.29, 0.717) is 4.68 Å². The second-order valence-corrected chi connectivity index (χ2v) is 9.16. The first-order valence-electron chi connectivity index (χ1n) is 8.02. The summed E-state index contributed by atoms with van der Waals surface area (Å²) in [6.07, 6.45) is -4.60. The monoisotopic (exact) mass is 422 g/mol. The van der Waals surface area contributed by atoms with Crippen LogP contribution >= 0.6 is 11.3 Å². The SMILES string of the molecule is Cc1cc(C(F)(F)F)n(CC(=O)N2CCN(S(=O)(=O)c3cccs3)CC2)n1. The van der Waals surface area contributed by atoms with Crippen molar-refractivity contribution < 1.29 is 26.4 Å². The Hall–Kier alpha value is -1.92. The average Bonchev–Trinajstić information content (AvgIpc) is 3.24. The quantitative estimate of drug-likeness (QED) is 0.753. The van der Waals surface area contributed by atoms with Crippen LogP contribution in [0.25, 0.3) is 0 Å². The van der Waals surface area contributed by atoms with Crippen molar-refractivity contribution in [1.29, 1.82) is 0 Å². The molecule has 0 aliphatic carbocycles. The number of thiophene rings is 1. The Morgan fingerprint density at radius 1 is 1.26 bits per heavy atom. The Balaban J connectivity index is 1.65. The Morgan fingerprint density at radius 2 is 1.93 bits per heavy atom. The fourth-order valence-electron chi connectivity index (χ4n) is 2.84. The van der Waals surface area contributed by atoms with Gasteiger partial charge in [-0.1, -0.05) is 6.07 Å². The van der Waals surface area contributed by atoms with Crippen LogP contribution in [0.5, 0.6) is 0 Å². The summed E-state index contributed by atoms with van der Waals surface area (Å²) in [5, 5.41) is 5.41. The van der Waals surface area contributed by atoms with Crippen LogP contribution in [0.1, 0.15) is 11.4 Å². The minimum atomic E-state index is -4.60. The predicted octanol–water partition coefficient (Wildman–Crippen LogP) is 1.80. The third kappa shape index (κ3) is 4.17. The highest BCUT2D eigenvalue weighted by atomic mass is 32.2. The Labute approximate surface area is 158 Å². The number of carbonyl (C=O) groups excluding carboxylic acids is 1. The first-order valence-corrected chi connectivity index (χ1v) is 10.3. The third-order valence-corrected chi connectivity index (χ3v) is 7.43. The van der Waals surface area contributed by atoms with Gasteiger partial charge in [0.05, 0.1) is 5.69 Å². The number of nitrogens with zero attached hydrogens (tertiary/aromatic N) is 4. The average molecular weight is 422 g/mol. The summed E-state index contributed by atoms with van der Waals surface area (Å²) in [5.74, 6) is -0.531. The lowest BCUT2D eigenvalue weighted by atomic mass is 10.3.